The van der Waals surface area contributed by atoms with Crippen molar-refractivity contribution in [2.45, 2.75) is 140 Å². The van der Waals surface area contributed by atoms with E-state index in [1.165, 1.54) is 120 Å². The highest BCUT2D eigenvalue weighted by Gasteiger charge is 2.46. The monoisotopic (exact) mass is 1770 g/mol. The van der Waals surface area contributed by atoms with Gasteiger partial charge in [0.15, 0.2) is 0 Å². The van der Waals surface area contributed by atoms with Crippen molar-refractivity contribution in [3.63, 3.8) is 0 Å². The summed E-state index contributed by atoms with van der Waals surface area (Å²) in [6, 6.07) is 131. The highest BCUT2D eigenvalue weighted by atomic mass is 28.3. The SMILES string of the molecule is COc1ccccc1.Cc1ccc(-c2ccc(F)cc2)cc1.Cc1ccc(-c2cccc(F)c2)cc1.Cc1ccc(-c2ccccc2F)cc1.Cc1ccc(C(C)(C)C)cc1.Cc1ccc(C)cc1.Cc1ccc(F)cc1.Cc1ccc([Si](C)(C)C)cc1.Cc1ccc2c(c1)C(C)(C)c1cc(F)ccc1-2.Cc1ccc2c(c1)C(c1ccccc1)(c1ccccc1)c1cc(F)ccc1-2. The highest BCUT2D eigenvalue weighted by molar-refractivity contribution is 6.88. The predicted molar refractivity (Wildman–Crippen MR) is 551 cm³/mol. The molecule has 0 heterocycles. The fourth-order valence-corrected chi connectivity index (χ4v) is 16.6. The summed E-state index contributed by atoms with van der Waals surface area (Å²) in [6.07, 6.45) is 0. The molecule has 0 aromatic heterocycles. The molecule has 672 valence electrons. The van der Waals surface area contributed by atoms with Gasteiger partial charge in [0.1, 0.15) is 40.7 Å². The maximum Gasteiger partial charge on any atom is 0.131 e. The fourth-order valence-electron chi connectivity index (χ4n) is 15.5. The number of aryl methyl sites for hydroxylation is 10. The molecule has 0 bridgehead atoms. The first-order valence-electron chi connectivity index (χ1n) is 44.9. The molecule has 0 saturated carbocycles. The Morgan fingerprint density at radius 2 is 0.538 bits per heavy atom. The number of para-hydroxylation sites is 1. The average molecular weight is 1770 g/mol. The van der Waals surface area contributed by atoms with E-state index in [-0.39, 0.29) is 45.7 Å². The number of rotatable bonds is 7. The Kier molecular flexibility index (Phi) is 36.0. The van der Waals surface area contributed by atoms with Crippen molar-refractivity contribution < 1.29 is 31.1 Å². The van der Waals surface area contributed by atoms with Crippen molar-refractivity contribution >= 4 is 13.3 Å². The molecule has 8 heteroatoms. The standard InChI is InChI=1S/C26H19F.C16H15F.3C13H11F.C11H16.C10H16Si.C8H10.C7H7F.C7H8O/c1-18-12-14-22-23-15-13-21(27)17-25(23)26(24(22)16-18,19-8-4-2-5-9-19)20-10-6-3-7-11-20;1-10-4-6-12-13-7-5-11(17)9-15(13)16(2,3)14(12)8-10;1-10-2-4-11(5-3-10)12-6-8-13(14)9-7-12;1-10-5-7-11(8-6-10)12-3-2-4-13(14)9-12;1-10-6-8-11(9-7-10)12-4-2-3-5-13(12)14;2*1-9-5-7-10(8-6-9)11(2,3)4;1-7-3-5-8(2)6-4-7;1-6-2-4-7(8)5-3-6;1-8-7-5-3-2-4-6-7/h2-17H,1H3;4-9H,1-3H3;3*2-9H,1H3;2*5-8H,1-4H3;3-6H,1-2H3;2-5H,1H3;2-6H,1H3. The van der Waals surface area contributed by atoms with E-state index >= 15 is 0 Å². The van der Waals surface area contributed by atoms with Crippen molar-refractivity contribution in [3.8, 4) is 61.4 Å². The Morgan fingerprint density at radius 1 is 0.242 bits per heavy atom. The van der Waals surface area contributed by atoms with Gasteiger partial charge in [0, 0.05) is 11.0 Å². The zero-order chi connectivity index (χ0) is 95.3. The molecule has 132 heavy (non-hydrogen) atoms. The molecule has 2 aliphatic carbocycles. The van der Waals surface area contributed by atoms with Gasteiger partial charge >= 0.3 is 0 Å². The molecule has 0 aliphatic heterocycles. The quantitative estimate of drug-likeness (QED) is 0.114. The molecule has 0 saturated heterocycles. The fraction of sp³-hybridized carbons (Fsp3) is 0.177. The lowest BCUT2D eigenvalue weighted by atomic mass is 9.67. The van der Waals surface area contributed by atoms with Crippen LogP contribution in [0.1, 0.15) is 129 Å². The van der Waals surface area contributed by atoms with Crippen molar-refractivity contribution in [2.75, 3.05) is 7.11 Å². The van der Waals surface area contributed by atoms with Crippen molar-refractivity contribution in [1.29, 1.82) is 0 Å². The second-order valence-electron chi connectivity index (χ2n) is 36.4. The molecule has 0 fully saturated rings. The number of ether oxygens (including phenoxy) is 1. The van der Waals surface area contributed by atoms with Crippen LogP contribution in [0.5, 0.6) is 5.75 Å². The van der Waals surface area contributed by atoms with E-state index in [1.54, 1.807) is 85.1 Å². The van der Waals surface area contributed by atoms with E-state index in [9.17, 15) is 26.3 Å². The summed E-state index contributed by atoms with van der Waals surface area (Å²) in [7, 11) is 0.606. The van der Waals surface area contributed by atoms with Gasteiger partial charge in [-0.05, 0) is 243 Å². The summed E-state index contributed by atoms with van der Waals surface area (Å²) in [5.41, 5.74) is 31.0. The van der Waals surface area contributed by atoms with E-state index in [2.05, 4.69) is 273 Å². The Morgan fingerprint density at radius 3 is 0.932 bits per heavy atom. The van der Waals surface area contributed by atoms with Gasteiger partial charge in [-0.3, -0.25) is 0 Å². The summed E-state index contributed by atoms with van der Waals surface area (Å²) in [5.74, 6) is -0.167. The van der Waals surface area contributed by atoms with Crippen LogP contribution >= 0.6 is 0 Å². The molecule has 0 N–H and O–H groups in total. The lowest BCUT2D eigenvalue weighted by Crippen LogP contribution is -2.37. The van der Waals surface area contributed by atoms with Crippen molar-refractivity contribution in [1.82, 2.24) is 0 Å². The van der Waals surface area contributed by atoms with Crippen molar-refractivity contribution in [2.24, 2.45) is 0 Å². The Bertz CT molecular complexity index is 6110. The summed E-state index contributed by atoms with van der Waals surface area (Å²) in [4.78, 5) is 0. The number of methoxy groups -OCH3 is 1. The summed E-state index contributed by atoms with van der Waals surface area (Å²) in [6.45, 7) is 38.8. The van der Waals surface area contributed by atoms with Crippen LogP contribution in [-0.2, 0) is 16.2 Å². The Balaban J connectivity index is 0.000000156. The maximum atomic E-state index is 14.4. The van der Waals surface area contributed by atoms with E-state index < -0.39 is 13.5 Å². The first-order chi connectivity index (χ1) is 63.0. The van der Waals surface area contributed by atoms with Crippen LogP contribution in [0.3, 0.4) is 0 Å². The number of hydrogen-bond donors (Lipinski definition) is 0. The van der Waals surface area contributed by atoms with Gasteiger partial charge < -0.3 is 4.74 Å². The zero-order valence-electron chi connectivity index (χ0n) is 79.9. The second-order valence-corrected chi connectivity index (χ2v) is 41.5. The average Bonchev–Trinajstić information content (AvgIpc) is 1.54. The first kappa shape index (κ1) is 100. The molecule has 0 spiro atoms. The highest BCUT2D eigenvalue weighted by Crippen LogP contribution is 2.57. The van der Waals surface area contributed by atoms with Gasteiger partial charge in [-0.2, -0.15) is 0 Å². The van der Waals surface area contributed by atoms with Crippen LogP contribution in [0.4, 0.5) is 26.3 Å². The topological polar surface area (TPSA) is 9.23 Å². The van der Waals surface area contributed by atoms with Crippen LogP contribution in [0.25, 0.3) is 55.6 Å². The number of benzene rings is 17. The lowest BCUT2D eigenvalue weighted by Gasteiger charge is -2.34. The van der Waals surface area contributed by atoms with E-state index in [4.69, 9.17) is 4.74 Å². The van der Waals surface area contributed by atoms with Crippen molar-refractivity contribution in [3.05, 3.63) is 536 Å². The zero-order valence-corrected chi connectivity index (χ0v) is 80.9. The molecule has 0 radical (unpaired) electrons. The molecular weight excluding hydrogens is 1650 g/mol. The molecule has 17 aromatic carbocycles. The predicted octanol–water partition coefficient (Wildman–Crippen LogP) is 34.3. The van der Waals surface area contributed by atoms with Crippen LogP contribution in [0.15, 0.2) is 406 Å². The molecule has 17 aromatic rings. The normalized spacial score (nSPS) is 11.6. The summed E-state index contributed by atoms with van der Waals surface area (Å²) in [5, 5.41) is 1.54. The number of hydrogen-bond acceptors (Lipinski definition) is 1. The van der Waals surface area contributed by atoms with Gasteiger partial charge in [-0.1, -0.05) is 443 Å². The van der Waals surface area contributed by atoms with E-state index in [0.717, 1.165) is 66.9 Å². The minimum atomic E-state index is -1.06. The molecule has 1 nitrogen and oxygen atoms in total. The smallest absolute Gasteiger partial charge is 0.131 e. The van der Waals surface area contributed by atoms with Gasteiger partial charge in [0.25, 0.3) is 0 Å². The third kappa shape index (κ3) is 28.4. The summed E-state index contributed by atoms with van der Waals surface area (Å²) < 4.78 is 83.8. The first-order valence-corrected chi connectivity index (χ1v) is 48.4. The van der Waals surface area contributed by atoms with Gasteiger partial charge in [-0.15, -0.1) is 0 Å². The number of halogens is 6. The largest absolute Gasteiger partial charge is 0.497 e. The van der Waals surface area contributed by atoms with Gasteiger partial charge in [0.05, 0.1) is 20.6 Å². The number of fused-ring (bicyclic) bond motifs is 6. The Hall–Kier alpha value is -13.7. The van der Waals surface area contributed by atoms with Gasteiger partial charge in [-0.25, -0.2) is 26.3 Å². The van der Waals surface area contributed by atoms with E-state index in [0.29, 0.717) is 5.56 Å². The molecule has 0 amide bonds. The second kappa shape index (κ2) is 47.2. The molecule has 19 rings (SSSR count). The Labute approximate surface area is 783 Å². The third-order valence-electron chi connectivity index (χ3n) is 23.2. The molecule has 0 atom stereocenters. The van der Waals surface area contributed by atoms with Gasteiger partial charge in [0.2, 0.25) is 0 Å². The van der Waals surface area contributed by atoms with Crippen LogP contribution in [0.2, 0.25) is 19.6 Å². The minimum absolute atomic E-state index is 0.0984. The molecule has 2 aliphatic rings. The maximum absolute atomic E-state index is 14.4. The lowest BCUT2D eigenvalue weighted by molar-refractivity contribution is 0.415. The third-order valence-corrected chi connectivity index (χ3v) is 25.2. The molecule has 0 unspecified atom stereocenters. The van der Waals surface area contributed by atoms with Crippen LogP contribution in [-0.4, -0.2) is 15.2 Å². The summed E-state index contributed by atoms with van der Waals surface area (Å²) >= 11 is 0. The van der Waals surface area contributed by atoms with Crippen LogP contribution < -0.4 is 9.92 Å². The molecular formula is C124H124F6OSi. The van der Waals surface area contributed by atoms with Crippen LogP contribution in [0, 0.1) is 104 Å². The minimum Gasteiger partial charge on any atom is -0.497 e. The van der Waals surface area contributed by atoms with E-state index in [1.807, 2.05) is 148 Å².